The molecule has 0 atom stereocenters. The number of carbonyl (C=O) groups excluding carboxylic acids is 1. The molecule has 1 amide bonds. The van der Waals surface area contributed by atoms with Gasteiger partial charge in [-0.05, 0) is 18.2 Å². The van der Waals surface area contributed by atoms with Gasteiger partial charge in [0.05, 0.1) is 0 Å². The van der Waals surface area contributed by atoms with Gasteiger partial charge in [0.2, 0.25) is 5.89 Å². The van der Waals surface area contributed by atoms with Gasteiger partial charge < -0.3 is 10.2 Å². The van der Waals surface area contributed by atoms with Crippen molar-refractivity contribution < 1.29 is 9.21 Å². The van der Waals surface area contributed by atoms with Crippen molar-refractivity contribution in [2.24, 2.45) is 0 Å². The Morgan fingerprint density at radius 3 is 2.88 bits per heavy atom. The van der Waals surface area contributed by atoms with E-state index in [1.807, 2.05) is 0 Å². The van der Waals surface area contributed by atoms with Crippen molar-refractivity contribution >= 4 is 17.6 Å². The van der Waals surface area contributed by atoms with Crippen LogP contribution in [0, 0.1) is 6.92 Å². The Bertz CT molecular complexity index is 521. The van der Waals surface area contributed by atoms with Crippen LogP contribution in [0.1, 0.15) is 16.2 Å². The van der Waals surface area contributed by atoms with Crippen molar-refractivity contribution in [3.05, 3.63) is 35.7 Å². The Morgan fingerprint density at radius 2 is 2.25 bits per heavy atom. The van der Waals surface area contributed by atoms with Gasteiger partial charge in [-0.2, -0.15) is 0 Å². The molecular formula is C10H10N4O2. The Labute approximate surface area is 91.5 Å². The number of aryl methyl sites for hydroxylation is 1. The molecule has 3 N–H and O–H groups in total. The second-order valence-corrected chi connectivity index (χ2v) is 3.21. The molecule has 0 fully saturated rings. The lowest BCUT2D eigenvalue weighted by atomic mass is 10.2. The number of rotatable bonds is 2. The van der Waals surface area contributed by atoms with Gasteiger partial charge in [-0.3, -0.25) is 10.1 Å². The van der Waals surface area contributed by atoms with Crippen LogP contribution in [0.25, 0.3) is 0 Å². The lowest BCUT2D eigenvalue weighted by Gasteiger charge is -2.00. The summed E-state index contributed by atoms with van der Waals surface area (Å²) in [7, 11) is 0. The highest BCUT2D eigenvalue weighted by atomic mass is 16.4. The standard InChI is InChI=1S/C10H10N4O2/c1-6-13-14-10(16-6)12-9(15)7-3-2-4-8(11)5-7/h2-5H,11H2,1H3,(H,12,14,15). The van der Waals surface area contributed by atoms with Gasteiger partial charge in [0, 0.05) is 18.2 Å². The lowest BCUT2D eigenvalue weighted by Crippen LogP contribution is -2.12. The molecule has 0 unspecified atom stereocenters. The Kier molecular flexibility index (Phi) is 2.55. The molecule has 82 valence electrons. The van der Waals surface area contributed by atoms with E-state index in [0.29, 0.717) is 17.1 Å². The number of amides is 1. The summed E-state index contributed by atoms with van der Waals surface area (Å²) in [5.41, 5.74) is 6.53. The summed E-state index contributed by atoms with van der Waals surface area (Å²) in [6.45, 7) is 1.64. The third-order valence-corrected chi connectivity index (χ3v) is 1.90. The molecule has 2 aromatic rings. The second kappa shape index (κ2) is 4.01. The fourth-order valence-corrected chi connectivity index (χ4v) is 1.20. The minimum atomic E-state index is -0.337. The third-order valence-electron chi connectivity index (χ3n) is 1.90. The van der Waals surface area contributed by atoms with Crippen LogP contribution in [0.5, 0.6) is 0 Å². The summed E-state index contributed by atoms with van der Waals surface area (Å²) < 4.78 is 5.02. The molecule has 1 aromatic heterocycles. The minimum absolute atomic E-state index is 0.0740. The van der Waals surface area contributed by atoms with E-state index < -0.39 is 0 Å². The number of benzene rings is 1. The zero-order valence-electron chi connectivity index (χ0n) is 8.60. The van der Waals surface area contributed by atoms with E-state index in [2.05, 4.69) is 15.5 Å². The van der Waals surface area contributed by atoms with Crippen LogP contribution in [0.4, 0.5) is 11.7 Å². The number of aromatic nitrogens is 2. The van der Waals surface area contributed by atoms with Gasteiger partial charge in [-0.25, -0.2) is 0 Å². The summed E-state index contributed by atoms with van der Waals surface area (Å²) in [5, 5.41) is 9.72. The van der Waals surface area contributed by atoms with Crippen LogP contribution in [0.15, 0.2) is 28.7 Å². The fourth-order valence-electron chi connectivity index (χ4n) is 1.20. The number of carbonyl (C=O) groups is 1. The van der Waals surface area contributed by atoms with E-state index in [9.17, 15) is 4.79 Å². The Morgan fingerprint density at radius 1 is 1.44 bits per heavy atom. The van der Waals surface area contributed by atoms with Crippen molar-refractivity contribution in [2.45, 2.75) is 6.92 Å². The van der Waals surface area contributed by atoms with E-state index in [0.717, 1.165) is 0 Å². The van der Waals surface area contributed by atoms with Crippen LogP contribution in [0.3, 0.4) is 0 Å². The van der Waals surface area contributed by atoms with E-state index in [1.165, 1.54) is 0 Å². The molecular weight excluding hydrogens is 208 g/mol. The maximum absolute atomic E-state index is 11.7. The molecule has 0 bridgehead atoms. The molecule has 0 saturated heterocycles. The number of nitrogens with one attached hydrogen (secondary N) is 1. The SMILES string of the molecule is Cc1nnc(NC(=O)c2cccc(N)c2)o1. The molecule has 0 aliphatic heterocycles. The van der Waals surface area contributed by atoms with Gasteiger partial charge in [-0.15, -0.1) is 5.10 Å². The third kappa shape index (κ3) is 2.17. The number of anilines is 2. The van der Waals surface area contributed by atoms with Gasteiger partial charge in [0.1, 0.15) is 0 Å². The molecule has 0 radical (unpaired) electrons. The molecule has 1 heterocycles. The normalized spacial score (nSPS) is 10.1. The number of nitrogens with two attached hydrogens (primary N) is 1. The van der Waals surface area contributed by atoms with Crippen LogP contribution in [-0.4, -0.2) is 16.1 Å². The molecule has 1 aromatic carbocycles. The summed E-state index contributed by atoms with van der Waals surface area (Å²) in [4.78, 5) is 11.7. The zero-order valence-corrected chi connectivity index (χ0v) is 8.60. The highest BCUT2D eigenvalue weighted by Crippen LogP contribution is 2.10. The molecule has 6 nitrogen and oxygen atoms in total. The fraction of sp³-hybridized carbons (Fsp3) is 0.100. The predicted octanol–water partition coefficient (Wildman–Crippen LogP) is 1.21. The van der Waals surface area contributed by atoms with Crippen LogP contribution >= 0.6 is 0 Å². The van der Waals surface area contributed by atoms with Gasteiger partial charge >= 0.3 is 6.01 Å². The van der Waals surface area contributed by atoms with E-state index >= 15 is 0 Å². The smallest absolute Gasteiger partial charge is 0.322 e. The molecule has 2 rings (SSSR count). The second-order valence-electron chi connectivity index (χ2n) is 3.21. The zero-order chi connectivity index (χ0) is 11.5. The van der Waals surface area contributed by atoms with Gasteiger partial charge in [0.25, 0.3) is 5.91 Å². The first-order chi connectivity index (χ1) is 7.65. The summed E-state index contributed by atoms with van der Waals surface area (Å²) in [6.07, 6.45) is 0. The monoisotopic (exact) mass is 218 g/mol. The predicted molar refractivity (Wildman–Crippen MR) is 57.8 cm³/mol. The Balaban J connectivity index is 2.14. The van der Waals surface area contributed by atoms with Gasteiger partial charge in [-0.1, -0.05) is 11.2 Å². The molecule has 0 spiro atoms. The van der Waals surface area contributed by atoms with Crippen LogP contribution in [-0.2, 0) is 0 Å². The quantitative estimate of drug-likeness (QED) is 0.739. The number of hydrogen-bond acceptors (Lipinski definition) is 5. The maximum atomic E-state index is 11.7. The minimum Gasteiger partial charge on any atom is -0.408 e. The molecule has 0 aliphatic rings. The van der Waals surface area contributed by atoms with Crippen molar-refractivity contribution in [3.63, 3.8) is 0 Å². The van der Waals surface area contributed by atoms with Crippen molar-refractivity contribution in [2.75, 3.05) is 11.1 Å². The average molecular weight is 218 g/mol. The van der Waals surface area contributed by atoms with Crippen LogP contribution < -0.4 is 11.1 Å². The number of nitrogens with zero attached hydrogens (tertiary/aromatic N) is 2. The van der Waals surface area contributed by atoms with Crippen molar-refractivity contribution in [1.29, 1.82) is 0 Å². The van der Waals surface area contributed by atoms with E-state index in [1.54, 1.807) is 31.2 Å². The molecule has 0 saturated carbocycles. The number of hydrogen-bond donors (Lipinski definition) is 2. The van der Waals surface area contributed by atoms with Crippen LogP contribution in [0.2, 0.25) is 0 Å². The largest absolute Gasteiger partial charge is 0.408 e. The van der Waals surface area contributed by atoms with Crippen molar-refractivity contribution in [1.82, 2.24) is 10.2 Å². The van der Waals surface area contributed by atoms with Crippen molar-refractivity contribution in [3.8, 4) is 0 Å². The highest BCUT2D eigenvalue weighted by molar-refractivity contribution is 6.03. The topological polar surface area (TPSA) is 94.0 Å². The molecule has 6 heteroatoms. The average Bonchev–Trinajstić information content (AvgIpc) is 2.64. The van der Waals surface area contributed by atoms with Gasteiger partial charge in [0.15, 0.2) is 0 Å². The summed E-state index contributed by atoms with van der Waals surface area (Å²) in [5.74, 6) is 0.0545. The van der Waals surface area contributed by atoms with E-state index in [-0.39, 0.29) is 11.9 Å². The molecule has 0 aliphatic carbocycles. The first-order valence-corrected chi connectivity index (χ1v) is 4.62. The summed E-state index contributed by atoms with van der Waals surface area (Å²) >= 11 is 0. The highest BCUT2D eigenvalue weighted by Gasteiger charge is 2.09. The summed E-state index contributed by atoms with van der Waals surface area (Å²) in [6, 6.07) is 6.69. The first kappa shape index (κ1) is 10.2. The van der Waals surface area contributed by atoms with E-state index in [4.69, 9.17) is 10.2 Å². The number of nitrogen functional groups attached to an aromatic ring is 1. The lowest BCUT2D eigenvalue weighted by molar-refractivity contribution is 0.102. The first-order valence-electron chi connectivity index (χ1n) is 4.62. The molecule has 16 heavy (non-hydrogen) atoms. The Hall–Kier alpha value is -2.37. The maximum Gasteiger partial charge on any atom is 0.322 e.